The first-order valence-corrected chi connectivity index (χ1v) is 11.1. The highest BCUT2D eigenvalue weighted by Gasteiger charge is 2.22. The Bertz CT molecular complexity index is 832. The summed E-state index contributed by atoms with van der Waals surface area (Å²) in [5.74, 6) is -0.775. The van der Waals surface area contributed by atoms with Crippen molar-refractivity contribution in [3.8, 4) is 0 Å². The summed E-state index contributed by atoms with van der Waals surface area (Å²) in [4.78, 5) is 26.6. The van der Waals surface area contributed by atoms with E-state index in [2.05, 4.69) is 12.2 Å². The lowest BCUT2D eigenvalue weighted by molar-refractivity contribution is -0.921. The molecule has 1 amide bonds. The lowest BCUT2D eigenvalue weighted by atomic mass is 10.0. The molecule has 1 aliphatic rings. The fourth-order valence-electron chi connectivity index (χ4n) is 3.75. The molecule has 6 nitrogen and oxygen atoms in total. The van der Waals surface area contributed by atoms with E-state index in [0.717, 1.165) is 51.3 Å². The number of rotatable bonds is 9. The van der Waals surface area contributed by atoms with Gasteiger partial charge in [-0.2, -0.15) is 0 Å². The number of ether oxygens (including phenoxy) is 2. The zero-order chi connectivity index (χ0) is 22.1. The predicted molar refractivity (Wildman–Crippen MR) is 119 cm³/mol. The molecule has 166 valence electrons. The van der Waals surface area contributed by atoms with Crippen LogP contribution in [0.4, 0.5) is 0 Å². The molecule has 1 saturated heterocycles. The SMILES string of the molecule is CCC[C@H](NC(=O)[C@H](C)OC(=O)c1ccc(C[NH+]2CCOCC2)cc1)c1ccccc1. The Morgan fingerprint density at radius 1 is 1.06 bits per heavy atom. The van der Waals surface area contributed by atoms with Crippen molar-refractivity contribution in [1.29, 1.82) is 0 Å². The summed E-state index contributed by atoms with van der Waals surface area (Å²) in [6.45, 7) is 8.19. The maximum atomic E-state index is 12.6. The van der Waals surface area contributed by atoms with Gasteiger partial charge >= 0.3 is 5.97 Å². The number of amides is 1. The number of carbonyl (C=O) groups is 2. The molecule has 0 radical (unpaired) electrons. The van der Waals surface area contributed by atoms with E-state index in [-0.39, 0.29) is 11.9 Å². The largest absolute Gasteiger partial charge is 0.449 e. The lowest BCUT2D eigenvalue weighted by Gasteiger charge is -2.23. The topological polar surface area (TPSA) is 69.1 Å². The van der Waals surface area contributed by atoms with Gasteiger partial charge in [0.15, 0.2) is 6.10 Å². The van der Waals surface area contributed by atoms with Crippen LogP contribution < -0.4 is 10.2 Å². The predicted octanol–water partition coefficient (Wildman–Crippen LogP) is 2.30. The van der Waals surface area contributed by atoms with Crippen molar-refractivity contribution < 1.29 is 24.0 Å². The Labute approximate surface area is 184 Å². The molecule has 2 aromatic carbocycles. The summed E-state index contributed by atoms with van der Waals surface area (Å²) in [6, 6.07) is 17.2. The molecule has 1 heterocycles. The quantitative estimate of drug-likeness (QED) is 0.605. The van der Waals surface area contributed by atoms with Crippen molar-refractivity contribution in [1.82, 2.24) is 5.32 Å². The van der Waals surface area contributed by atoms with Gasteiger partial charge in [-0.25, -0.2) is 4.79 Å². The van der Waals surface area contributed by atoms with E-state index in [1.807, 2.05) is 42.5 Å². The van der Waals surface area contributed by atoms with Gasteiger partial charge in [-0.3, -0.25) is 4.79 Å². The molecule has 1 fully saturated rings. The Morgan fingerprint density at radius 3 is 2.39 bits per heavy atom. The summed E-state index contributed by atoms with van der Waals surface area (Å²) >= 11 is 0. The van der Waals surface area contributed by atoms with Crippen LogP contribution in [-0.4, -0.2) is 44.3 Å². The molecule has 3 rings (SSSR count). The van der Waals surface area contributed by atoms with E-state index in [9.17, 15) is 9.59 Å². The van der Waals surface area contributed by atoms with Gasteiger partial charge in [0, 0.05) is 5.56 Å². The summed E-state index contributed by atoms with van der Waals surface area (Å²) in [7, 11) is 0. The van der Waals surface area contributed by atoms with Gasteiger partial charge < -0.3 is 19.7 Å². The Hall–Kier alpha value is -2.70. The van der Waals surface area contributed by atoms with Gasteiger partial charge in [0.1, 0.15) is 19.6 Å². The van der Waals surface area contributed by atoms with Crippen molar-refractivity contribution in [2.75, 3.05) is 26.3 Å². The van der Waals surface area contributed by atoms with Crippen LogP contribution in [0.5, 0.6) is 0 Å². The monoisotopic (exact) mass is 425 g/mol. The molecule has 0 unspecified atom stereocenters. The maximum absolute atomic E-state index is 12.6. The van der Waals surface area contributed by atoms with E-state index in [1.54, 1.807) is 19.1 Å². The van der Waals surface area contributed by atoms with Crippen LogP contribution in [0.2, 0.25) is 0 Å². The van der Waals surface area contributed by atoms with Gasteiger partial charge in [0.25, 0.3) is 5.91 Å². The fourth-order valence-corrected chi connectivity index (χ4v) is 3.75. The van der Waals surface area contributed by atoms with Gasteiger partial charge in [-0.05, 0) is 31.0 Å². The molecule has 6 heteroatoms. The van der Waals surface area contributed by atoms with Gasteiger partial charge in [0.2, 0.25) is 0 Å². The summed E-state index contributed by atoms with van der Waals surface area (Å²) < 4.78 is 10.8. The average Bonchev–Trinajstić information content (AvgIpc) is 2.80. The van der Waals surface area contributed by atoms with Crippen LogP contribution in [0.1, 0.15) is 54.2 Å². The number of morpholine rings is 1. The smallest absolute Gasteiger partial charge is 0.338 e. The van der Waals surface area contributed by atoms with Gasteiger partial charge in [-0.1, -0.05) is 55.8 Å². The normalized spacial score (nSPS) is 16.3. The van der Waals surface area contributed by atoms with Crippen LogP contribution in [0, 0.1) is 0 Å². The van der Waals surface area contributed by atoms with Crippen LogP contribution in [0.3, 0.4) is 0 Å². The molecule has 1 aliphatic heterocycles. The van der Waals surface area contributed by atoms with Crippen LogP contribution >= 0.6 is 0 Å². The first kappa shape index (κ1) is 23.0. The van der Waals surface area contributed by atoms with E-state index in [0.29, 0.717) is 5.56 Å². The van der Waals surface area contributed by atoms with Crippen LogP contribution in [0.25, 0.3) is 0 Å². The van der Waals surface area contributed by atoms with E-state index in [4.69, 9.17) is 9.47 Å². The minimum absolute atomic E-state index is 0.0955. The molecule has 0 aromatic heterocycles. The number of carbonyl (C=O) groups excluding carboxylic acids is 2. The Kier molecular flexibility index (Phi) is 8.62. The van der Waals surface area contributed by atoms with Gasteiger partial charge in [0.05, 0.1) is 24.8 Å². The fraction of sp³-hybridized carbons (Fsp3) is 0.440. The number of quaternary nitrogens is 1. The second-order valence-electron chi connectivity index (χ2n) is 8.04. The number of hydrogen-bond acceptors (Lipinski definition) is 4. The zero-order valence-corrected chi connectivity index (χ0v) is 18.4. The molecular weight excluding hydrogens is 392 g/mol. The zero-order valence-electron chi connectivity index (χ0n) is 18.4. The third kappa shape index (κ3) is 6.91. The number of benzene rings is 2. The van der Waals surface area contributed by atoms with Crippen molar-refractivity contribution in [3.63, 3.8) is 0 Å². The van der Waals surface area contributed by atoms with Crippen LogP contribution in [0.15, 0.2) is 54.6 Å². The van der Waals surface area contributed by atoms with E-state index >= 15 is 0 Å². The molecule has 0 saturated carbocycles. The van der Waals surface area contributed by atoms with Gasteiger partial charge in [-0.15, -0.1) is 0 Å². The highest BCUT2D eigenvalue weighted by Crippen LogP contribution is 2.18. The van der Waals surface area contributed by atoms with Crippen molar-refractivity contribution >= 4 is 11.9 Å². The van der Waals surface area contributed by atoms with Crippen molar-refractivity contribution in [2.24, 2.45) is 0 Å². The third-order valence-electron chi connectivity index (χ3n) is 5.59. The number of hydrogen-bond donors (Lipinski definition) is 2. The average molecular weight is 426 g/mol. The second-order valence-corrected chi connectivity index (χ2v) is 8.04. The minimum atomic E-state index is -0.868. The molecule has 2 aromatic rings. The Morgan fingerprint density at radius 2 is 1.74 bits per heavy atom. The van der Waals surface area contributed by atoms with E-state index < -0.39 is 12.1 Å². The second kappa shape index (κ2) is 11.6. The number of nitrogens with one attached hydrogen (secondary N) is 2. The molecule has 0 spiro atoms. The maximum Gasteiger partial charge on any atom is 0.338 e. The first-order chi connectivity index (χ1) is 15.1. The Balaban J connectivity index is 1.53. The molecular formula is C25H33N2O4+. The molecule has 0 bridgehead atoms. The van der Waals surface area contributed by atoms with Crippen molar-refractivity contribution in [3.05, 3.63) is 71.3 Å². The van der Waals surface area contributed by atoms with E-state index in [1.165, 1.54) is 10.5 Å². The van der Waals surface area contributed by atoms with Crippen molar-refractivity contribution in [2.45, 2.75) is 45.4 Å². The molecule has 2 atom stereocenters. The molecule has 2 N–H and O–H groups in total. The molecule has 31 heavy (non-hydrogen) atoms. The summed E-state index contributed by atoms with van der Waals surface area (Å²) in [5, 5.41) is 3.02. The third-order valence-corrected chi connectivity index (χ3v) is 5.59. The lowest BCUT2D eigenvalue weighted by Crippen LogP contribution is -3.12. The first-order valence-electron chi connectivity index (χ1n) is 11.1. The highest BCUT2D eigenvalue weighted by atomic mass is 16.5. The summed E-state index contributed by atoms with van der Waals surface area (Å²) in [5.41, 5.74) is 2.67. The number of esters is 1. The highest BCUT2D eigenvalue weighted by molar-refractivity contribution is 5.92. The standard InChI is InChI=1S/C25H32N2O4/c1-3-7-23(21-8-5-4-6-9-21)26-24(28)19(2)31-25(29)22-12-10-20(11-13-22)18-27-14-16-30-17-15-27/h4-6,8-13,19,23H,3,7,14-18H2,1-2H3,(H,26,28)/p+1/t19-,23-/m0/s1. The minimum Gasteiger partial charge on any atom is -0.449 e. The molecule has 0 aliphatic carbocycles. The van der Waals surface area contributed by atoms with Crippen LogP contribution in [-0.2, 0) is 20.8 Å². The summed E-state index contributed by atoms with van der Waals surface area (Å²) in [6.07, 6.45) is 0.892.